The number of anilines is 1. The van der Waals surface area contributed by atoms with Crippen LogP contribution in [0.1, 0.15) is 43.1 Å². The quantitative estimate of drug-likeness (QED) is 0.411. The molecular weight excluding hydrogens is 464 g/mol. The number of hydrogen-bond donors (Lipinski definition) is 5. The van der Waals surface area contributed by atoms with Crippen LogP contribution in [0.3, 0.4) is 0 Å². The average molecular weight is 493 g/mol. The van der Waals surface area contributed by atoms with Crippen molar-refractivity contribution >= 4 is 17.2 Å². The second-order valence-electron chi connectivity index (χ2n) is 8.06. The maximum Gasteiger partial charge on any atom is 0.407 e. The molecule has 2 unspecified atom stereocenters. The Balaban J connectivity index is 2.38. The summed E-state index contributed by atoms with van der Waals surface area (Å²) < 4.78 is 61.9. The van der Waals surface area contributed by atoms with Gasteiger partial charge in [0, 0.05) is 54.8 Å². The van der Waals surface area contributed by atoms with Gasteiger partial charge in [-0.25, -0.2) is 9.37 Å². The van der Waals surface area contributed by atoms with Gasteiger partial charge in [0.2, 0.25) is 0 Å². The summed E-state index contributed by atoms with van der Waals surface area (Å²) >= 11 is 0. The molecule has 1 aromatic carbocycles. The van der Waals surface area contributed by atoms with Crippen LogP contribution < -0.4 is 26.8 Å². The molecule has 3 rings (SSSR count). The molecule has 2 aromatic rings. The summed E-state index contributed by atoms with van der Waals surface area (Å²) in [6, 6.07) is 2.96. The van der Waals surface area contributed by atoms with Crippen molar-refractivity contribution in [2.75, 3.05) is 19.3 Å². The SMILES string of the molecule is CCN/C1=C(\C(N)C(F)(F)F)C/C(=C/NC)C(=N)c2ccc(F)cc2C(C)Oc2cc1cnc2N. The van der Waals surface area contributed by atoms with Crippen LogP contribution in [-0.2, 0) is 0 Å². The molecule has 2 bridgehead atoms. The second-order valence-corrected chi connectivity index (χ2v) is 8.06. The third kappa shape index (κ3) is 5.56. The third-order valence-electron chi connectivity index (χ3n) is 5.62. The molecule has 1 aromatic heterocycles. The van der Waals surface area contributed by atoms with E-state index in [2.05, 4.69) is 15.6 Å². The number of ether oxygens (including phenoxy) is 1. The Kier molecular flexibility index (Phi) is 7.69. The maximum atomic E-state index is 14.2. The molecule has 11 heteroatoms. The van der Waals surface area contributed by atoms with Crippen LogP contribution in [0.2, 0.25) is 0 Å². The van der Waals surface area contributed by atoms with Crippen molar-refractivity contribution < 1.29 is 22.3 Å². The van der Waals surface area contributed by atoms with Gasteiger partial charge < -0.3 is 26.8 Å². The van der Waals surface area contributed by atoms with E-state index < -0.39 is 24.1 Å². The van der Waals surface area contributed by atoms with E-state index in [4.69, 9.17) is 21.6 Å². The highest BCUT2D eigenvalue weighted by Crippen LogP contribution is 2.37. The highest BCUT2D eigenvalue weighted by molar-refractivity contribution is 6.12. The van der Waals surface area contributed by atoms with Crippen molar-refractivity contribution in [1.82, 2.24) is 15.6 Å². The van der Waals surface area contributed by atoms with E-state index in [1.165, 1.54) is 36.7 Å². The molecular formula is C24H28F4N6O. The molecule has 7 nitrogen and oxygen atoms in total. The second kappa shape index (κ2) is 10.3. The van der Waals surface area contributed by atoms with Gasteiger partial charge in [-0.3, -0.25) is 5.41 Å². The topological polar surface area (TPSA) is 122 Å². The minimum atomic E-state index is -4.75. The number of rotatable bonds is 4. The van der Waals surface area contributed by atoms with E-state index in [9.17, 15) is 17.6 Å². The number of nitrogens with two attached hydrogens (primary N) is 2. The van der Waals surface area contributed by atoms with Gasteiger partial charge in [-0.2, -0.15) is 13.2 Å². The zero-order valence-corrected chi connectivity index (χ0v) is 19.6. The first-order valence-electron chi connectivity index (χ1n) is 10.9. The molecule has 0 radical (unpaired) electrons. The van der Waals surface area contributed by atoms with E-state index in [-0.39, 0.29) is 46.1 Å². The van der Waals surface area contributed by atoms with Crippen LogP contribution >= 0.6 is 0 Å². The highest BCUT2D eigenvalue weighted by atomic mass is 19.4. The smallest absolute Gasteiger partial charge is 0.407 e. The predicted molar refractivity (Wildman–Crippen MR) is 127 cm³/mol. The Labute approximate surface area is 200 Å². The van der Waals surface area contributed by atoms with Crippen LogP contribution in [0.5, 0.6) is 5.75 Å². The van der Waals surface area contributed by atoms with Crippen molar-refractivity contribution in [1.29, 1.82) is 5.41 Å². The number of nitrogen functional groups attached to an aromatic ring is 1. The van der Waals surface area contributed by atoms with Crippen LogP contribution in [0.25, 0.3) is 5.70 Å². The molecule has 0 saturated heterocycles. The fourth-order valence-electron chi connectivity index (χ4n) is 3.93. The molecule has 188 valence electrons. The first kappa shape index (κ1) is 26.0. The van der Waals surface area contributed by atoms with E-state index >= 15 is 0 Å². The van der Waals surface area contributed by atoms with Crippen LogP contribution in [-0.4, -0.2) is 36.5 Å². The van der Waals surface area contributed by atoms with Crippen LogP contribution in [0, 0.1) is 11.2 Å². The fraction of sp³-hybridized carbons (Fsp3) is 0.333. The molecule has 0 fully saturated rings. The largest absolute Gasteiger partial charge is 0.482 e. The number of nitrogens with zero attached hydrogens (tertiary/aromatic N) is 1. The monoisotopic (exact) mass is 492 g/mol. The van der Waals surface area contributed by atoms with E-state index in [0.29, 0.717) is 17.7 Å². The lowest BCUT2D eigenvalue weighted by Gasteiger charge is -2.27. The van der Waals surface area contributed by atoms with Gasteiger partial charge in [0.05, 0.1) is 5.71 Å². The average Bonchev–Trinajstić information content (AvgIpc) is 2.80. The lowest BCUT2D eigenvalue weighted by atomic mass is 9.88. The summed E-state index contributed by atoms with van der Waals surface area (Å²) in [6.45, 7) is 3.70. The summed E-state index contributed by atoms with van der Waals surface area (Å²) in [5.41, 5.74) is 12.7. The van der Waals surface area contributed by atoms with Gasteiger partial charge in [-0.15, -0.1) is 0 Å². The van der Waals surface area contributed by atoms with Gasteiger partial charge in [0.15, 0.2) is 11.6 Å². The summed E-state index contributed by atoms with van der Waals surface area (Å²) in [5.74, 6) is -0.426. The molecule has 2 heterocycles. The standard InChI is InChI=1S/C24H28F4N6O/c1-4-33-21-14-8-19(23(31)34-11-14)35-12(2)17-9-15(25)5-6-16(17)20(29)13(10-32-3)7-18(21)22(30)24(26,27)28/h5-6,8-12,22,29,32-33H,4,7,30H2,1-3H3,(H2,31,34)/b13-10-,21-18-,29-20?. The summed E-state index contributed by atoms with van der Waals surface area (Å²) in [7, 11) is 1.57. The minimum Gasteiger partial charge on any atom is -0.482 e. The van der Waals surface area contributed by atoms with Crippen molar-refractivity contribution in [3.8, 4) is 5.75 Å². The number of allylic oxidation sites excluding steroid dienone is 1. The number of benzene rings is 1. The molecule has 0 spiro atoms. The molecule has 0 amide bonds. The molecule has 35 heavy (non-hydrogen) atoms. The van der Waals surface area contributed by atoms with Crippen LogP contribution in [0.15, 0.2) is 47.8 Å². The zero-order valence-electron chi connectivity index (χ0n) is 19.6. The van der Waals surface area contributed by atoms with Crippen LogP contribution in [0.4, 0.5) is 23.4 Å². The van der Waals surface area contributed by atoms with Gasteiger partial charge in [0.1, 0.15) is 18.0 Å². The number of halogens is 4. The summed E-state index contributed by atoms with van der Waals surface area (Å²) in [4.78, 5) is 4.11. The van der Waals surface area contributed by atoms with Crippen molar-refractivity contribution in [3.63, 3.8) is 0 Å². The Bertz CT molecular complexity index is 1180. The Hall–Kier alpha value is -3.60. The Morgan fingerprint density at radius 3 is 2.66 bits per heavy atom. The number of hydrogen-bond acceptors (Lipinski definition) is 7. The molecule has 0 saturated carbocycles. The maximum absolute atomic E-state index is 14.2. The number of pyridine rings is 1. The molecule has 1 aliphatic rings. The Morgan fingerprint density at radius 1 is 1.31 bits per heavy atom. The first-order valence-corrected chi connectivity index (χ1v) is 10.9. The third-order valence-corrected chi connectivity index (χ3v) is 5.62. The van der Waals surface area contributed by atoms with Crippen molar-refractivity contribution in [3.05, 3.63) is 70.3 Å². The lowest BCUT2D eigenvalue weighted by Crippen LogP contribution is -2.41. The lowest BCUT2D eigenvalue weighted by molar-refractivity contribution is -0.139. The Morgan fingerprint density at radius 2 is 2.03 bits per heavy atom. The number of aromatic nitrogens is 1. The predicted octanol–water partition coefficient (Wildman–Crippen LogP) is 4.03. The van der Waals surface area contributed by atoms with Gasteiger partial charge in [-0.1, -0.05) is 0 Å². The fourth-order valence-corrected chi connectivity index (χ4v) is 3.93. The van der Waals surface area contributed by atoms with Gasteiger partial charge in [0.25, 0.3) is 0 Å². The molecule has 2 atom stereocenters. The van der Waals surface area contributed by atoms with Gasteiger partial charge in [-0.05, 0) is 49.3 Å². The van der Waals surface area contributed by atoms with E-state index in [0.717, 1.165) is 0 Å². The minimum absolute atomic E-state index is 0.0129. The van der Waals surface area contributed by atoms with Crippen molar-refractivity contribution in [2.45, 2.75) is 38.6 Å². The summed E-state index contributed by atoms with van der Waals surface area (Å²) in [6.07, 6.45) is -3.05. The number of fused-ring (bicyclic) bond motifs is 3. The normalized spacial score (nSPS) is 20.9. The summed E-state index contributed by atoms with van der Waals surface area (Å²) in [5, 5.41) is 14.6. The molecule has 7 N–H and O–H groups in total. The zero-order chi connectivity index (χ0) is 25.9. The number of nitrogens with one attached hydrogen (secondary N) is 3. The molecule has 0 aliphatic carbocycles. The van der Waals surface area contributed by atoms with Crippen molar-refractivity contribution in [2.24, 2.45) is 5.73 Å². The van der Waals surface area contributed by atoms with E-state index in [1.807, 2.05) is 0 Å². The van der Waals surface area contributed by atoms with Gasteiger partial charge >= 0.3 is 6.18 Å². The molecule has 1 aliphatic heterocycles. The highest BCUT2D eigenvalue weighted by Gasteiger charge is 2.41. The first-order chi connectivity index (χ1) is 16.5. The number of alkyl halides is 3. The van der Waals surface area contributed by atoms with E-state index in [1.54, 1.807) is 20.9 Å².